The van der Waals surface area contributed by atoms with Gasteiger partial charge in [0.05, 0.1) is 10.3 Å². The van der Waals surface area contributed by atoms with Crippen molar-refractivity contribution in [3.8, 4) is 0 Å². The van der Waals surface area contributed by atoms with Crippen molar-refractivity contribution in [2.45, 2.75) is 44.0 Å². The van der Waals surface area contributed by atoms with Crippen LogP contribution in [0.1, 0.15) is 33.3 Å². The van der Waals surface area contributed by atoms with Crippen molar-refractivity contribution in [2.24, 2.45) is 0 Å². The number of anilines is 1. The molecule has 6 heteroatoms. The lowest BCUT2D eigenvalue weighted by molar-refractivity contribution is -0.120. The molecule has 0 atom stereocenters. The fraction of sp³-hybridized carbons (Fsp3) is 0.350. The Morgan fingerprint density at radius 1 is 1.00 bits per heavy atom. The molecule has 2 aromatic rings. The molecule has 0 heterocycles. The number of rotatable bonds is 6. The maximum absolute atomic E-state index is 12.7. The Kier molecular flexibility index (Phi) is 5.88. The number of benzene rings is 2. The van der Waals surface area contributed by atoms with Crippen molar-refractivity contribution in [1.82, 2.24) is 4.31 Å². The van der Waals surface area contributed by atoms with Crippen LogP contribution in [0.5, 0.6) is 0 Å². The molecule has 0 aliphatic carbocycles. The van der Waals surface area contributed by atoms with Gasteiger partial charge in [-0.25, -0.2) is 8.42 Å². The lowest BCUT2D eigenvalue weighted by Crippen LogP contribution is -2.34. The molecule has 26 heavy (non-hydrogen) atoms. The summed E-state index contributed by atoms with van der Waals surface area (Å²) in [4.78, 5) is 12.9. The molecule has 140 valence electrons. The van der Waals surface area contributed by atoms with Crippen LogP contribution in [0.2, 0.25) is 0 Å². The van der Waals surface area contributed by atoms with Crippen molar-refractivity contribution in [3.63, 3.8) is 0 Å². The summed E-state index contributed by atoms with van der Waals surface area (Å²) in [6.07, 6.45) is 0. The molecule has 2 aromatic carbocycles. The minimum absolute atomic E-state index is 0.133. The Bertz CT molecular complexity index is 858. The number of carbonyl (C=O) groups is 1. The van der Waals surface area contributed by atoms with E-state index in [-0.39, 0.29) is 16.8 Å². The summed E-state index contributed by atoms with van der Waals surface area (Å²) in [6, 6.07) is 15.6. The molecule has 0 aliphatic rings. The number of hydrogen-bond acceptors (Lipinski definition) is 3. The van der Waals surface area contributed by atoms with Gasteiger partial charge in [0, 0.05) is 18.8 Å². The first kappa shape index (κ1) is 20.1. The van der Waals surface area contributed by atoms with E-state index in [0.29, 0.717) is 5.69 Å². The Hall–Kier alpha value is -2.18. The number of nitrogens with one attached hydrogen (secondary N) is 1. The van der Waals surface area contributed by atoms with Crippen LogP contribution in [0.15, 0.2) is 59.5 Å². The van der Waals surface area contributed by atoms with Crippen LogP contribution in [0.4, 0.5) is 5.69 Å². The van der Waals surface area contributed by atoms with Crippen LogP contribution < -0.4 is 5.32 Å². The highest BCUT2D eigenvalue weighted by Crippen LogP contribution is 2.25. The van der Waals surface area contributed by atoms with Gasteiger partial charge in [0.25, 0.3) is 0 Å². The van der Waals surface area contributed by atoms with Crippen LogP contribution in [-0.2, 0) is 20.2 Å². The number of sulfonamides is 1. The molecule has 1 amide bonds. The molecular weight excluding hydrogens is 348 g/mol. The molecule has 2 rings (SSSR count). The van der Waals surface area contributed by atoms with Gasteiger partial charge in [0.2, 0.25) is 15.9 Å². The van der Waals surface area contributed by atoms with Crippen LogP contribution in [0.3, 0.4) is 0 Å². The summed E-state index contributed by atoms with van der Waals surface area (Å²) in [6.45, 7) is 7.35. The van der Waals surface area contributed by atoms with Gasteiger partial charge < -0.3 is 5.32 Å². The Balaban J connectivity index is 2.18. The Morgan fingerprint density at radius 3 is 2.04 bits per heavy atom. The Labute approximate surface area is 156 Å². The lowest BCUT2D eigenvalue weighted by atomic mass is 9.83. The van der Waals surface area contributed by atoms with Gasteiger partial charge in [-0.2, -0.15) is 4.31 Å². The van der Waals surface area contributed by atoms with Gasteiger partial charge >= 0.3 is 0 Å². The van der Waals surface area contributed by atoms with Crippen LogP contribution in [0.25, 0.3) is 0 Å². The molecule has 5 nitrogen and oxygen atoms in total. The van der Waals surface area contributed by atoms with Gasteiger partial charge in [-0.05, 0) is 57.5 Å². The van der Waals surface area contributed by atoms with Crippen LogP contribution in [-0.4, -0.2) is 31.7 Å². The average molecular weight is 375 g/mol. The van der Waals surface area contributed by atoms with Crippen LogP contribution in [0, 0.1) is 0 Å². The smallest absolute Gasteiger partial charge is 0.243 e. The zero-order valence-electron chi connectivity index (χ0n) is 15.9. The highest BCUT2D eigenvalue weighted by molar-refractivity contribution is 7.89. The van der Waals surface area contributed by atoms with E-state index in [1.165, 1.54) is 16.4 Å². The number of carbonyl (C=O) groups excluding carboxylic acids is 1. The number of amides is 1. The largest absolute Gasteiger partial charge is 0.325 e. The van der Waals surface area contributed by atoms with Gasteiger partial charge in [0.1, 0.15) is 0 Å². The van der Waals surface area contributed by atoms with E-state index >= 15 is 0 Å². The summed E-state index contributed by atoms with van der Waals surface area (Å²) in [5, 5.41) is 2.86. The first-order valence-electron chi connectivity index (χ1n) is 8.52. The predicted octanol–water partition coefficient (Wildman–Crippen LogP) is 3.63. The van der Waals surface area contributed by atoms with Crippen molar-refractivity contribution in [2.75, 3.05) is 12.4 Å². The number of hydrogen-bond donors (Lipinski definition) is 1. The second-order valence-electron chi connectivity index (χ2n) is 7.08. The second-order valence-corrected chi connectivity index (χ2v) is 9.08. The SMILES string of the molecule is CC(C)N(C)S(=O)(=O)c1ccc(NC(=O)C(C)(C)c2ccccc2)cc1. The minimum Gasteiger partial charge on any atom is -0.325 e. The first-order valence-corrected chi connectivity index (χ1v) is 9.96. The standard InChI is InChI=1S/C20H26N2O3S/c1-15(2)22(5)26(24,25)18-13-11-17(12-14-18)21-19(23)20(3,4)16-9-7-6-8-10-16/h6-15H,1-5H3,(H,21,23). The third kappa shape index (κ3) is 4.14. The highest BCUT2D eigenvalue weighted by Gasteiger charge is 2.30. The minimum atomic E-state index is -3.53. The quantitative estimate of drug-likeness (QED) is 0.839. The summed E-state index contributed by atoms with van der Waals surface area (Å²) < 4.78 is 26.3. The first-order chi connectivity index (χ1) is 12.1. The van der Waals surface area contributed by atoms with Crippen molar-refractivity contribution in [3.05, 3.63) is 60.2 Å². The molecule has 0 aliphatic heterocycles. The van der Waals surface area contributed by atoms with E-state index in [4.69, 9.17) is 0 Å². The molecule has 0 saturated heterocycles. The predicted molar refractivity (Wildman–Crippen MR) is 105 cm³/mol. The molecule has 1 N–H and O–H groups in total. The highest BCUT2D eigenvalue weighted by atomic mass is 32.2. The maximum Gasteiger partial charge on any atom is 0.243 e. The third-order valence-electron chi connectivity index (χ3n) is 4.58. The van der Waals surface area contributed by atoms with Gasteiger partial charge in [-0.15, -0.1) is 0 Å². The molecule has 0 aromatic heterocycles. The fourth-order valence-electron chi connectivity index (χ4n) is 2.43. The average Bonchev–Trinajstić information content (AvgIpc) is 2.62. The maximum atomic E-state index is 12.7. The van der Waals surface area contributed by atoms with E-state index in [2.05, 4.69) is 5.32 Å². The zero-order chi connectivity index (χ0) is 19.5. The van der Waals surface area contributed by atoms with E-state index in [9.17, 15) is 13.2 Å². The molecule has 0 unspecified atom stereocenters. The van der Waals surface area contributed by atoms with Gasteiger partial charge in [0.15, 0.2) is 0 Å². The van der Waals surface area contributed by atoms with Crippen molar-refractivity contribution < 1.29 is 13.2 Å². The number of nitrogens with zero attached hydrogens (tertiary/aromatic N) is 1. The van der Waals surface area contributed by atoms with E-state index < -0.39 is 15.4 Å². The lowest BCUT2D eigenvalue weighted by Gasteiger charge is -2.24. The normalized spacial score (nSPS) is 12.4. The van der Waals surface area contributed by atoms with E-state index in [1.54, 1.807) is 19.2 Å². The summed E-state index contributed by atoms with van der Waals surface area (Å²) in [5.74, 6) is -0.154. The fourth-order valence-corrected chi connectivity index (χ4v) is 3.79. The Morgan fingerprint density at radius 2 is 1.54 bits per heavy atom. The molecule has 0 spiro atoms. The summed E-state index contributed by atoms with van der Waals surface area (Å²) >= 11 is 0. The van der Waals surface area contributed by atoms with Gasteiger partial charge in [-0.1, -0.05) is 30.3 Å². The molecule has 0 saturated carbocycles. The monoisotopic (exact) mass is 374 g/mol. The molecule has 0 radical (unpaired) electrons. The van der Waals surface area contributed by atoms with Crippen LogP contribution >= 0.6 is 0 Å². The zero-order valence-corrected chi connectivity index (χ0v) is 16.7. The third-order valence-corrected chi connectivity index (χ3v) is 6.63. The summed E-state index contributed by atoms with van der Waals surface area (Å²) in [5.41, 5.74) is 0.768. The summed E-state index contributed by atoms with van der Waals surface area (Å²) in [7, 11) is -1.98. The van der Waals surface area contributed by atoms with Crippen molar-refractivity contribution in [1.29, 1.82) is 0 Å². The molecular formula is C20H26N2O3S. The van der Waals surface area contributed by atoms with Crippen molar-refractivity contribution >= 4 is 21.6 Å². The topological polar surface area (TPSA) is 66.5 Å². The van der Waals surface area contributed by atoms with E-state index in [1.807, 2.05) is 58.0 Å². The molecule has 0 bridgehead atoms. The van der Waals surface area contributed by atoms with Gasteiger partial charge in [-0.3, -0.25) is 4.79 Å². The molecule has 0 fully saturated rings. The van der Waals surface area contributed by atoms with E-state index in [0.717, 1.165) is 5.56 Å². The second kappa shape index (κ2) is 7.60.